The van der Waals surface area contributed by atoms with Crippen molar-refractivity contribution in [2.24, 2.45) is 0 Å². The van der Waals surface area contributed by atoms with E-state index in [9.17, 15) is 0 Å². The molecule has 0 radical (unpaired) electrons. The third kappa shape index (κ3) is 3.55. The van der Waals surface area contributed by atoms with Crippen molar-refractivity contribution in [3.8, 4) is 11.1 Å². The number of nitrogens with zero attached hydrogens (tertiary/aromatic N) is 1. The zero-order chi connectivity index (χ0) is 13.8. The molecule has 1 aromatic carbocycles. The van der Waals surface area contributed by atoms with E-state index in [2.05, 4.69) is 37.1 Å². The summed E-state index contributed by atoms with van der Waals surface area (Å²) in [5.41, 5.74) is 4.79. The molecule has 0 saturated heterocycles. The van der Waals surface area contributed by atoms with Crippen LogP contribution in [0.15, 0.2) is 36.7 Å². The number of halogens is 1. The van der Waals surface area contributed by atoms with Gasteiger partial charge < -0.3 is 5.32 Å². The topological polar surface area (TPSA) is 24.9 Å². The Hall–Kier alpha value is -1.38. The number of pyridine rings is 1. The van der Waals surface area contributed by atoms with Gasteiger partial charge in [-0.05, 0) is 41.8 Å². The molecule has 1 heterocycles. The third-order valence-electron chi connectivity index (χ3n) is 3.10. The van der Waals surface area contributed by atoms with Crippen molar-refractivity contribution in [3.05, 3.63) is 52.8 Å². The lowest BCUT2D eigenvalue weighted by molar-refractivity contribution is 0.589. The van der Waals surface area contributed by atoms with Gasteiger partial charge in [0.15, 0.2) is 0 Å². The number of hydrogen-bond acceptors (Lipinski definition) is 2. The highest BCUT2D eigenvalue weighted by molar-refractivity contribution is 6.30. The van der Waals surface area contributed by atoms with Crippen LogP contribution in [0.2, 0.25) is 5.02 Å². The van der Waals surface area contributed by atoms with Gasteiger partial charge in [0.25, 0.3) is 0 Å². The Kier molecular flexibility index (Phi) is 4.56. The molecule has 0 aliphatic rings. The monoisotopic (exact) mass is 274 g/mol. The van der Waals surface area contributed by atoms with Gasteiger partial charge >= 0.3 is 0 Å². The van der Waals surface area contributed by atoms with Gasteiger partial charge in [-0.3, -0.25) is 4.98 Å². The van der Waals surface area contributed by atoms with Crippen molar-refractivity contribution in [3.63, 3.8) is 0 Å². The fourth-order valence-electron chi connectivity index (χ4n) is 2.03. The molecule has 0 saturated carbocycles. The van der Waals surface area contributed by atoms with Crippen LogP contribution in [0.3, 0.4) is 0 Å². The molecule has 0 aliphatic carbocycles. The number of nitrogens with one attached hydrogen (secondary N) is 1. The Bertz CT molecular complexity index is 564. The molecule has 0 aliphatic heterocycles. The van der Waals surface area contributed by atoms with E-state index >= 15 is 0 Å². The molecule has 2 rings (SSSR count). The molecule has 0 fully saturated rings. The Morgan fingerprint density at radius 2 is 2.00 bits per heavy atom. The largest absolute Gasteiger partial charge is 0.310 e. The number of aromatic nitrogens is 1. The summed E-state index contributed by atoms with van der Waals surface area (Å²) in [5.74, 6) is 0. The van der Waals surface area contributed by atoms with Crippen LogP contribution in [0.4, 0.5) is 0 Å². The Balaban J connectivity index is 2.42. The van der Waals surface area contributed by atoms with Crippen molar-refractivity contribution in [2.45, 2.75) is 33.4 Å². The smallest absolute Gasteiger partial charge is 0.0409 e. The minimum atomic E-state index is 0.446. The molecule has 19 heavy (non-hydrogen) atoms. The SMILES string of the molecule is Cc1ccncc1-c1ccc(Cl)cc1CNC(C)C. The van der Waals surface area contributed by atoms with Crippen LogP contribution in [-0.2, 0) is 6.54 Å². The maximum absolute atomic E-state index is 6.12. The first-order chi connectivity index (χ1) is 9.08. The summed E-state index contributed by atoms with van der Waals surface area (Å²) in [6, 6.07) is 8.51. The zero-order valence-electron chi connectivity index (χ0n) is 11.6. The minimum Gasteiger partial charge on any atom is -0.310 e. The van der Waals surface area contributed by atoms with Crippen molar-refractivity contribution >= 4 is 11.6 Å². The summed E-state index contributed by atoms with van der Waals surface area (Å²) >= 11 is 6.12. The van der Waals surface area contributed by atoms with Crippen LogP contribution in [0.25, 0.3) is 11.1 Å². The van der Waals surface area contributed by atoms with Crippen LogP contribution in [0, 0.1) is 6.92 Å². The second-order valence-corrected chi connectivity index (χ2v) is 5.46. The summed E-state index contributed by atoms with van der Waals surface area (Å²) in [7, 11) is 0. The van der Waals surface area contributed by atoms with Crippen LogP contribution in [-0.4, -0.2) is 11.0 Å². The Morgan fingerprint density at radius 3 is 2.68 bits per heavy atom. The van der Waals surface area contributed by atoms with Crippen molar-refractivity contribution in [2.75, 3.05) is 0 Å². The third-order valence-corrected chi connectivity index (χ3v) is 3.33. The standard InChI is InChI=1S/C16H19ClN2/c1-11(2)19-9-13-8-14(17)4-5-15(13)16-10-18-7-6-12(16)3/h4-8,10-11,19H,9H2,1-3H3. The molecule has 2 aromatic rings. The Morgan fingerprint density at radius 1 is 1.21 bits per heavy atom. The van der Waals surface area contributed by atoms with E-state index in [4.69, 9.17) is 11.6 Å². The van der Waals surface area contributed by atoms with E-state index in [-0.39, 0.29) is 0 Å². The van der Waals surface area contributed by atoms with Crippen LogP contribution >= 0.6 is 11.6 Å². The summed E-state index contributed by atoms with van der Waals surface area (Å²) < 4.78 is 0. The second kappa shape index (κ2) is 6.18. The zero-order valence-corrected chi connectivity index (χ0v) is 12.3. The summed E-state index contributed by atoms with van der Waals surface area (Å²) in [6.07, 6.45) is 3.73. The average molecular weight is 275 g/mol. The Labute approximate surface area is 119 Å². The van der Waals surface area contributed by atoms with E-state index in [0.29, 0.717) is 6.04 Å². The second-order valence-electron chi connectivity index (χ2n) is 5.03. The maximum Gasteiger partial charge on any atom is 0.0409 e. The maximum atomic E-state index is 6.12. The highest BCUT2D eigenvalue weighted by atomic mass is 35.5. The van der Waals surface area contributed by atoms with Crippen LogP contribution < -0.4 is 5.32 Å². The molecule has 0 bridgehead atoms. The van der Waals surface area contributed by atoms with E-state index in [1.54, 1.807) is 0 Å². The van der Waals surface area contributed by atoms with E-state index in [1.807, 2.05) is 30.6 Å². The van der Waals surface area contributed by atoms with Gasteiger partial charge in [-0.2, -0.15) is 0 Å². The van der Waals surface area contributed by atoms with Crippen molar-refractivity contribution in [1.29, 1.82) is 0 Å². The molecule has 0 spiro atoms. The molecule has 0 amide bonds. The molecular weight excluding hydrogens is 256 g/mol. The molecule has 0 atom stereocenters. The van der Waals surface area contributed by atoms with E-state index in [0.717, 1.165) is 11.6 Å². The summed E-state index contributed by atoms with van der Waals surface area (Å²) in [6.45, 7) is 7.19. The minimum absolute atomic E-state index is 0.446. The molecule has 100 valence electrons. The molecule has 3 heteroatoms. The summed E-state index contributed by atoms with van der Waals surface area (Å²) in [5, 5.41) is 4.21. The first-order valence-electron chi connectivity index (χ1n) is 6.50. The predicted molar refractivity (Wildman–Crippen MR) is 81.4 cm³/mol. The van der Waals surface area contributed by atoms with Gasteiger partial charge in [0.2, 0.25) is 0 Å². The molecule has 1 N–H and O–H groups in total. The van der Waals surface area contributed by atoms with Crippen molar-refractivity contribution < 1.29 is 0 Å². The summed E-state index contributed by atoms with van der Waals surface area (Å²) in [4.78, 5) is 4.23. The van der Waals surface area contributed by atoms with Gasteiger partial charge in [0, 0.05) is 35.6 Å². The van der Waals surface area contributed by atoms with Gasteiger partial charge in [0.05, 0.1) is 0 Å². The van der Waals surface area contributed by atoms with Gasteiger partial charge in [-0.25, -0.2) is 0 Å². The van der Waals surface area contributed by atoms with Gasteiger partial charge in [0.1, 0.15) is 0 Å². The van der Waals surface area contributed by atoms with Crippen LogP contribution in [0.1, 0.15) is 25.0 Å². The highest BCUT2D eigenvalue weighted by Crippen LogP contribution is 2.28. The number of aryl methyl sites for hydroxylation is 1. The first-order valence-corrected chi connectivity index (χ1v) is 6.88. The fourth-order valence-corrected chi connectivity index (χ4v) is 2.23. The molecule has 0 unspecified atom stereocenters. The molecular formula is C16H19ClN2. The van der Waals surface area contributed by atoms with Gasteiger partial charge in [-0.1, -0.05) is 31.5 Å². The molecule has 2 nitrogen and oxygen atoms in total. The van der Waals surface area contributed by atoms with E-state index in [1.165, 1.54) is 22.3 Å². The van der Waals surface area contributed by atoms with Crippen LogP contribution in [0.5, 0.6) is 0 Å². The fraction of sp³-hybridized carbons (Fsp3) is 0.312. The van der Waals surface area contributed by atoms with E-state index < -0.39 is 0 Å². The lowest BCUT2D eigenvalue weighted by Crippen LogP contribution is -2.22. The number of benzene rings is 1. The van der Waals surface area contributed by atoms with Crippen molar-refractivity contribution in [1.82, 2.24) is 10.3 Å². The van der Waals surface area contributed by atoms with Gasteiger partial charge in [-0.15, -0.1) is 0 Å². The normalized spacial score (nSPS) is 11.0. The lowest BCUT2D eigenvalue weighted by atomic mass is 9.97. The average Bonchev–Trinajstić information content (AvgIpc) is 2.37. The number of rotatable bonds is 4. The first kappa shape index (κ1) is 14.0. The number of hydrogen-bond donors (Lipinski definition) is 1. The lowest BCUT2D eigenvalue weighted by Gasteiger charge is -2.14. The quantitative estimate of drug-likeness (QED) is 0.903. The highest BCUT2D eigenvalue weighted by Gasteiger charge is 2.09. The predicted octanol–water partition coefficient (Wildman–Crippen LogP) is 4.21. The molecule has 1 aromatic heterocycles.